The number of aryl methyl sites for hydroxylation is 1. The number of halogens is 1. The van der Waals surface area contributed by atoms with E-state index < -0.39 is 10.0 Å². The van der Waals surface area contributed by atoms with E-state index >= 15 is 0 Å². The van der Waals surface area contributed by atoms with Gasteiger partial charge in [-0.15, -0.1) is 0 Å². The van der Waals surface area contributed by atoms with Gasteiger partial charge in [-0.1, -0.05) is 0 Å². The number of fused-ring (bicyclic) bond motifs is 1. The van der Waals surface area contributed by atoms with E-state index in [-0.39, 0.29) is 16.8 Å². The first-order chi connectivity index (χ1) is 9.95. The summed E-state index contributed by atoms with van der Waals surface area (Å²) in [4.78, 5) is 11.6. The van der Waals surface area contributed by atoms with Crippen molar-refractivity contribution >= 4 is 37.5 Å². The summed E-state index contributed by atoms with van der Waals surface area (Å²) < 4.78 is 28.2. The van der Waals surface area contributed by atoms with Crippen LogP contribution in [0.1, 0.15) is 18.4 Å². The molecule has 1 aromatic carbocycles. The molecule has 1 amide bonds. The molecule has 2 aliphatic heterocycles. The van der Waals surface area contributed by atoms with Gasteiger partial charge in [0.25, 0.3) is 0 Å². The third-order valence-corrected chi connectivity index (χ3v) is 6.20. The van der Waals surface area contributed by atoms with Crippen molar-refractivity contribution in [1.82, 2.24) is 10.0 Å². The molecule has 0 aromatic heterocycles. The van der Waals surface area contributed by atoms with Crippen LogP contribution < -0.4 is 15.4 Å². The van der Waals surface area contributed by atoms with Crippen molar-refractivity contribution in [3.05, 3.63) is 22.2 Å². The van der Waals surface area contributed by atoms with E-state index in [2.05, 4.69) is 31.3 Å². The fraction of sp³-hybridized carbons (Fsp3) is 0.462. The van der Waals surface area contributed by atoms with Crippen molar-refractivity contribution in [2.75, 3.05) is 18.4 Å². The highest BCUT2D eigenvalue weighted by Gasteiger charge is 2.26. The van der Waals surface area contributed by atoms with Gasteiger partial charge in [-0.2, -0.15) is 0 Å². The van der Waals surface area contributed by atoms with Crippen LogP contribution in [0.25, 0.3) is 0 Å². The molecular weight excluding hydrogens is 358 g/mol. The Labute approximate surface area is 131 Å². The summed E-state index contributed by atoms with van der Waals surface area (Å²) in [7, 11) is -3.61. The molecule has 3 N–H and O–H groups in total. The predicted octanol–water partition coefficient (Wildman–Crippen LogP) is 0.974. The standard InChI is InChI=1S/C13H16BrN3O3S/c14-10-5-8-1-2-13(18)16-11(8)6-12(10)21(19,20)17-9-3-4-15-7-9/h5-6,9,15,17H,1-4,7H2,(H,16,18). The van der Waals surface area contributed by atoms with Crippen molar-refractivity contribution in [2.45, 2.75) is 30.2 Å². The van der Waals surface area contributed by atoms with Gasteiger partial charge in [-0.3, -0.25) is 4.79 Å². The zero-order valence-electron chi connectivity index (χ0n) is 11.3. The molecule has 1 saturated heterocycles. The van der Waals surface area contributed by atoms with E-state index in [1.807, 2.05) is 0 Å². The molecule has 8 heteroatoms. The highest BCUT2D eigenvalue weighted by molar-refractivity contribution is 9.10. The van der Waals surface area contributed by atoms with E-state index in [0.717, 1.165) is 18.5 Å². The van der Waals surface area contributed by atoms with Crippen LogP contribution >= 0.6 is 15.9 Å². The Hall–Kier alpha value is -0.960. The molecule has 114 valence electrons. The van der Waals surface area contributed by atoms with E-state index in [4.69, 9.17) is 0 Å². The largest absolute Gasteiger partial charge is 0.326 e. The maximum atomic E-state index is 12.5. The fourth-order valence-corrected chi connectivity index (χ4v) is 5.01. The van der Waals surface area contributed by atoms with Crippen molar-refractivity contribution in [2.24, 2.45) is 0 Å². The molecule has 0 bridgehead atoms. The summed E-state index contributed by atoms with van der Waals surface area (Å²) in [5, 5.41) is 5.85. The number of nitrogens with one attached hydrogen (secondary N) is 3. The Morgan fingerprint density at radius 3 is 2.81 bits per heavy atom. The van der Waals surface area contributed by atoms with Crippen molar-refractivity contribution in [3.8, 4) is 0 Å². The van der Waals surface area contributed by atoms with Crippen LogP contribution in [0.15, 0.2) is 21.5 Å². The second-order valence-electron chi connectivity index (χ2n) is 5.30. The molecule has 21 heavy (non-hydrogen) atoms. The van der Waals surface area contributed by atoms with Gasteiger partial charge < -0.3 is 10.6 Å². The minimum atomic E-state index is -3.61. The second kappa shape index (κ2) is 5.68. The number of sulfonamides is 1. The molecule has 0 saturated carbocycles. The summed E-state index contributed by atoms with van der Waals surface area (Å²) in [6.45, 7) is 1.45. The summed E-state index contributed by atoms with van der Waals surface area (Å²) in [6, 6.07) is 3.21. The predicted molar refractivity (Wildman–Crippen MR) is 82.7 cm³/mol. The number of amides is 1. The van der Waals surface area contributed by atoms with E-state index in [9.17, 15) is 13.2 Å². The average molecular weight is 374 g/mol. The fourth-order valence-electron chi connectivity index (χ4n) is 2.62. The number of carbonyl (C=O) groups excluding carboxylic acids is 1. The van der Waals surface area contributed by atoms with Crippen LogP contribution in [0.5, 0.6) is 0 Å². The summed E-state index contributed by atoms with van der Waals surface area (Å²) in [5.74, 6) is -0.0823. The molecular formula is C13H16BrN3O3S. The minimum Gasteiger partial charge on any atom is -0.326 e. The Bertz CT molecular complexity index is 684. The second-order valence-corrected chi connectivity index (χ2v) is 7.84. The van der Waals surface area contributed by atoms with Crippen LogP contribution in [0.3, 0.4) is 0 Å². The molecule has 0 aliphatic carbocycles. The van der Waals surface area contributed by atoms with Gasteiger partial charge in [-0.05, 0) is 53.0 Å². The molecule has 1 atom stereocenters. The van der Waals surface area contributed by atoms with Gasteiger partial charge in [0.2, 0.25) is 15.9 Å². The summed E-state index contributed by atoms with van der Waals surface area (Å²) in [6.07, 6.45) is 1.83. The van der Waals surface area contributed by atoms with Crippen molar-refractivity contribution < 1.29 is 13.2 Å². The maximum Gasteiger partial charge on any atom is 0.242 e. The van der Waals surface area contributed by atoms with Gasteiger partial charge in [-0.25, -0.2) is 13.1 Å². The Morgan fingerprint density at radius 2 is 2.10 bits per heavy atom. The van der Waals surface area contributed by atoms with Gasteiger partial charge in [0.15, 0.2) is 0 Å². The van der Waals surface area contributed by atoms with E-state index in [0.29, 0.717) is 29.5 Å². The molecule has 0 spiro atoms. The smallest absolute Gasteiger partial charge is 0.242 e. The topological polar surface area (TPSA) is 87.3 Å². The van der Waals surface area contributed by atoms with Crippen molar-refractivity contribution in [1.29, 1.82) is 0 Å². The van der Waals surface area contributed by atoms with Gasteiger partial charge >= 0.3 is 0 Å². The highest BCUT2D eigenvalue weighted by Crippen LogP contribution is 2.32. The lowest BCUT2D eigenvalue weighted by molar-refractivity contribution is -0.116. The van der Waals surface area contributed by atoms with Gasteiger partial charge in [0, 0.05) is 29.2 Å². The van der Waals surface area contributed by atoms with Crippen molar-refractivity contribution in [3.63, 3.8) is 0 Å². The first kappa shape index (κ1) is 15.0. The molecule has 1 fully saturated rings. The zero-order chi connectivity index (χ0) is 15.0. The van der Waals surface area contributed by atoms with Crippen LogP contribution in [0.2, 0.25) is 0 Å². The molecule has 2 aliphatic rings. The third-order valence-electron chi connectivity index (χ3n) is 3.72. The molecule has 6 nitrogen and oxygen atoms in total. The Kier molecular flexibility index (Phi) is 4.04. The first-order valence-corrected chi connectivity index (χ1v) is 9.08. The minimum absolute atomic E-state index is 0.0823. The lowest BCUT2D eigenvalue weighted by Crippen LogP contribution is -2.36. The maximum absolute atomic E-state index is 12.5. The zero-order valence-corrected chi connectivity index (χ0v) is 13.7. The lowest BCUT2D eigenvalue weighted by Gasteiger charge is -2.20. The van der Waals surface area contributed by atoms with Gasteiger partial charge in [0.05, 0.1) is 4.90 Å². The quantitative estimate of drug-likeness (QED) is 0.736. The van der Waals surface area contributed by atoms with E-state index in [1.165, 1.54) is 6.07 Å². The summed E-state index contributed by atoms with van der Waals surface area (Å²) in [5.41, 5.74) is 1.53. The van der Waals surface area contributed by atoms with E-state index in [1.54, 1.807) is 6.07 Å². The molecule has 0 radical (unpaired) electrons. The monoisotopic (exact) mass is 373 g/mol. The third kappa shape index (κ3) is 3.13. The average Bonchev–Trinajstić information content (AvgIpc) is 2.90. The van der Waals surface area contributed by atoms with Crippen LogP contribution in [0.4, 0.5) is 5.69 Å². The molecule has 1 unspecified atom stereocenters. The number of carbonyl (C=O) groups is 1. The Balaban J connectivity index is 1.93. The number of benzene rings is 1. The SMILES string of the molecule is O=C1CCc2cc(Br)c(S(=O)(=O)NC3CCNC3)cc2N1. The first-order valence-electron chi connectivity index (χ1n) is 6.81. The van der Waals surface area contributed by atoms with Crippen LogP contribution in [-0.2, 0) is 21.2 Å². The van der Waals surface area contributed by atoms with Gasteiger partial charge in [0.1, 0.15) is 0 Å². The molecule has 2 heterocycles. The highest BCUT2D eigenvalue weighted by atomic mass is 79.9. The lowest BCUT2D eigenvalue weighted by atomic mass is 10.0. The molecule has 3 rings (SSSR count). The van der Waals surface area contributed by atoms with Crippen LogP contribution in [-0.4, -0.2) is 33.5 Å². The summed E-state index contributed by atoms with van der Waals surface area (Å²) >= 11 is 3.33. The number of hydrogen-bond donors (Lipinski definition) is 3. The Morgan fingerprint density at radius 1 is 1.29 bits per heavy atom. The number of rotatable bonds is 3. The molecule has 1 aromatic rings. The normalized spacial score (nSPS) is 22.0. The number of anilines is 1. The van der Waals surface area contributed by atoms with Crippen LogP contribution in [0, 0.1) is 0 Å². The number of hydrogen-bond acceptors (Lipinski definition) is 4.